The molecule has 0 rings (SSSR count). The Kier molecular flexibility index (Phi) is 5.26. The second-order valence-corrected chi connectivity index (χ2v) is 1.39. The number of hydrogen-bond donors (Lipinski definition) is 3. The molecule has 0 aliphatic heterocycles. The molecule has 3 heteroatoms. The van der Waals surface area contributed by atoms with E-state index in [1.165, 1.54) is 0 Å². The molecule has 42 valence electrons. The normalized spacial score (nSPS) is 8.71. The van der Waals surface area contributed by atoms with E-state index in [1.54, 1.807) is 0 Å². The van der Waals surface area contributed by atoms with E-state index < -0.39 is 0 Å². The van der Waals surface area contributed by atoms with Crippen molar-refractivity contribution < 1.29 is 16.0 Å². The molecule has 0 aromatic carbocycles. The zero-order valence-corrected chi connectivity index (χ0v) is 4.61. The lowest BCUT2D eigenvalue weighted by Gasteiger charge is -1.84. The molecule has 0 bridgehead atoms. The van der Waals surface area contributed by atoms with Gasteiger partial charge in [0.25, 0.3) is 6.67 Å². The van der Waals surface area contributed by atoms with E-state index in [4.69, 9.17) is 0 Å². The Morgan fingerprint density at radius 2 is 2.43 bits per heavy atom. The van der Waals surface area contributed by atoms with Crippen LogP contribution in [0.5, 0.6) is 0 Å². The minimum atomic E-state index is 0.898. The minimum Gasteiger partial charge on any atom is -0.353 e. The van der Waals surface area contributed by atoms with Crippen molar-refractivity contribution in [1.82, 2.24) is 0 Å². The third kappa shape index (κ3) is 5.59. The van der Waals surface area contributed by atoms with E-state index in [0.29, 0.717) is 0 Å². The van der Waals surface area contributed by atoms with Gasteiger partial charge in [-0.25, -0.2) is 4.99 Å². The van der Waals surface area contributed by atoms with Crippen LogP contribution in [0.4, 0.5) is 0 Å². The fourth-order valence-corrected chi connectivity index (χ4v) is 0.348. The highest BCUT2D eigenvalue weighted by molar-refractivity contribution is 5.11. The predicted molar refractivity (Wildman–Crippen MR) is 27.5 cm³/mol. The van der Waals surface area contributed by atoms with Gasteiger partial charge < -0.3 is 5.73 Å². The van der Waals surface area contributed by atoms with Gasteiger partial charge in [-0.2, -0.15) is 0 Å². The number of quaternary nitrogens is 2. The second-order valence-electron chi connectivity index (χ2n) is 1.39. The quantitative estimate of drug-likeness (QED) is 0.183. The van der Waals surface area contributed by atoms with Gasteiger partial charge in [0.2, 0.25) is 0 Å². The molecular weight excluding hydrogens is 90.1 g/mol. The van der Waals surface area contributed by atoms with Gasteiger partial charge in [-0.3, -0.25) is 5.32 Å². The van der Waals surface area contributed by atoms with E-state index in [1.807, 2.05) is 0 Å². The standard InChI is InChI=1S/C4H11N3/c1-6-4-7-3-2-5/h7H,1-5H2/p+3. The smallest absolute Gasteiger partial charge is 0.265 e. The Balaban J connectivity index is 2.56. The third-order valence-corrected chi connectivity index (χ3v) is 0.697. The van der Waals surface area contributed by atoms with Crippen molar-refractivity contribution in [3.05, 3.63) is 0 Å². The highest BCUT2D eigenvalue weighted by Gasteiger charge is 1.83. The summed E-state index contributed by atoms with van der Waals surface area (Å²) in [7, 11) is 0. The molecule has 0 aliphatic carbocycles. The molecule has 6 N–H and O–H groups in total. The molecule has 0 aromatic rings. The average molecular weight is 104 g/mol. The summed E-state index contributed by atoms with van der Waals surface area (Å²) in [5, 5.41) is 2.12. The van der Waals surface area contributed by atoms with Crippen molar-refractivity contribution >= 4 is 6.72 Å². The average Bonchev–Trinajstić information content (AvgIpc) is 1.69. The molecule has 0 saturated heterocycles. The number of nitrogens with two attached hydrogens (primary N) is 1. The molecule has 0 heterocycles. The van der Waals surface area contributed by atoms with E-state index in [2.05, 4.69) is 22.8 Å². The molecule has 0 amide bonds. The largest absolute Gasteiger partial charge is 0.353 e. The van der Waals surface area contributed by atoms with Crippen LogP contribution in [0, 0.1) is 0 Å². The Morgan fingerprint density at radius 1 is 1.71 bits per heavy atom. The summed E-state index contributed by atoms with van der Waals surface area (Å²) in [4.78, 5) is 2.77. The molecule has 0 atom stereocenters. The van der Waals surface area contributed by atoms with Crippen molar-refractivity contribution in [3.8, 4) is 0 Å². The van der Waals surface area contributed by atoms with Crippen LogP contribution in [0.1, 0.15) is 0 Å². The molecule has 0 spiro atoms. The number of hydrogen-bond acceptors (Lipinski definition) is 0. The van der Waals surface area contributed by atoms with Crippen molar-refractivity contribution in [2.75, 3.05) is 19.8 Å². The van der Waals surface area contributed by atoms with Crippen molar-refractivity contribution in [1.29, 1.82) is 0 Å². The van der Waals surface area contributed by atoms with Gasteiger partial charge >= 0.3 is 0 Å². The molecule has 0 aliphatic rings. The van der Waals surface area contributed by atoms with Crippen LogP contribution in [0.15, 0.2) is 0 Å². The Morgan fingerprint density at radius 3 is 2.86 bits per heavy atom. The van der Waals surface area contributed by atoms with Crippen LogP contribution in [-0.2, 0) is 0 Å². The zero-order valence-electron chi connectivity index (χ0n) is 4.61. The van der Waals surface area contributed by atoms with Gasteiger partial charge in [-0.05, 0) is 0 Å². The molecule has 0 fully saturated rings. The molecule has 0 aromatic heterocycles. The lowest BCUT2D eigenvalue weighted by molar-refractivity contribution is -0.791. The Labute approximate surface area is 43.6 Å². The van der Waals surface area contributed by atoms with Crippen molar-refractivity contribution in [3.63, 3.8) is 0 Å². The van der Waals surface area contributed by atoms with Gasteiger partial charge in [0.1, 0.15) is 19.8 Å². The Bertz CT molecular complexity index is 44.2. The number of rotatable bonds is 4. The van der Waals surface area contributed by atoms with E-state index in [9.17, 15) is 0 Å². The molecule has 3 nitrogen and oxygen atoms in total. The maximum atomic E-state index is 3.68. The van der Waals surface area contributed by atoms with Gasteiger partial charge in [0, 0.05) is 0 Å². The maximum absolute atomic E-state index is 3.68. The first-order valence-electron chi connectivity index (χ1n) is 2.52. The fourth-order valence-electron chi connectivity index (χ4n) is 0.348. The Hall–Kier alpha value is -0.410. The van der Waals surface area contributed by atoms with Gasteiger partial charge in [0.05, 0.1) is 0 Å². The predicted octanol–water partition coefficient (Wildman–Crippen LogP) is -4.47. The van der Waals surface area contributed by atoms with Crippen LogP contribution in [-0.4, -0.2) is 26.5 Å². The lowest BCUT2D eigenvalue weighted by atomic mass is 10.7. The molecule has 0 unspecified atom stereocenters. The van der Waals surface area contributed by atoms with E-state index in [0.717, 1.165) is 19.8 Å². The highest BCUT2D eigenvalue weighted by Crippen LogP contribution is 1.19. The van der Waals surface area contributed by atoms with Crippen LogP contribution >= 0.6 is 0 Å². The first-order chi connectivity index (χ1) is 3.41. The van der Waals surface area contributed by atoms with Crippen LogP contribution in [0.2, 0.25) is 0 Å². The van der Waals surface area contributed by atoms with Crippen LogP contribution in [0.25, 0.3) is 0 Å². The van der Waals surface area contributed by atoms with Crippen LogP contribution < -0.4 is 16.0 Å². The summed E-state index contributed by atoms with van der Waals surface area (Å²) in [5.74, 6) is 0. The molecule has 0 radical (unpaired) electrons. The van der Waals surface area contributed by atoms with Gasteiger partial charge in [-0.1, -0.05) is 0 Å². The summed E-state index contributed by atoms with van der Waals surface area (Å²) >= 11 is 0. The van der Waals surface area contributed by atoms with Crippen LogP contribution in [0.3, 0.4) is 0 Å². The van der Waals surface area contributed by atoms with E-state index >= 15 is 0 Å². The number of nitrogens with one attached hydrogen (secondary N) is 1. The second kappa shape index (κ2) is 5.59. The van der Waals surface area contributed by atoms with Gasteiger partial charge in [0.15, 0.2) is 0 Å². The summed E-state index contributed by atoms with van der Waals surface area (Å²) in [5.41, 5.74) is 3.68. The van der Waals surface area contributed by atoms with Crippen molar-refractivity contribution in [2.24, 2.45) is 0 Å². The summed E-state index contributed by atoms with van der Waals surface area (Å²) < 4.78 is 0. The third-order valence-electron chi connectivity index (χ3n) is 0.697. The monoisotopic (exact) mass is 104 g/mol. The summed E-state index contributed by atoms with van der Waals surface area (Å²) in [6.07, 6.45) is 0. The first kappa shape index (κ1) is 6.59. The fraction of sp³-hybridized carbons (Fsp3) is 0.750. The maximum Gasteiger partial charge on any atom is 0.265 e. The van der Waals surface area contributed by atoms with Crippen molar-refractivity contribution in [2.45, 2.75) is 0 Å². The molecular formula is C4H14N3+3. The molecule has 7 heavy (non-hydrogen) atoms. The lowest BCUT2D eigenvalue weighted by Crippen LogP contribution is -3.00. The summed E-state index contributed by atoms with van der Waals surface area (Å²) in [6.45, 7) is 6.43. The molecule has 0 saturated carbocycles. The SMILES string of the molecule is C=[NH+]C[NH2+]CC[NH3+]. The van der Waals surface area contributed by atoms with E-state index in [-0.39, 0.29) is 0 Å². The van der Waals surface area contributed by atoms with Gasteiger partial charge in [-0.15, -0.1) is 0 Å². The minimum absolute atomic E-state index is 0.898. The summed E-state index contributed by atoms with van der Waals surface area (Å²) in [6, 6.07) is 0. The first-order valence-corrected chi connectivity index (χ1v) is 2.52. The zero-order chi connectivity index (χ0) is 5.54. The highest BCUT2D eigenvalue weighted by atomic mass is 15.0. The topological polar surface area (TPSA) is 58.2 Å².